The van der Waals surface area contributed by atoms with Gasteiger partial charge >= 0.3 is 0 Å². The Morgan fingerprint density at radius 2 is 2.10 bits per heavy atom. The molecule has 1 aliphatic rings. The molecule has 1 aliphatic heterocycles. The van der Waals surface area contributed by atoms with Gasteiger partial charge in [-0.25, -0.2) is 0 Å². The SMILES string of the molecule is COCCn1cc(-c2ccc3c(c2)[C@H](Nc2cccc(Cl)c2)C(C(C)=O)[C@H](C)N3)cn1. The van der Waals surface area contributed by atoms with E-state index < -0.39 is 0 Å². The zero-order valence-electron chi connectivity index (χ0n) is 17.9. The Hall–Kier alpha value is -2.83. The van der Waals surface area contributed by atoms with Crippen LogP contribution in [0.5, 0.6) is 0 Å². The summed E-state index contributed by atoms with van der Waals surface area (Å²) >= 11 is 6.20. The first-order valence-corrected chi connectivity index (χ1v) is 10.8. The predicted octanol–water partition coefficient (Wildman–Crippen LogP) is 5.02. The Kier molecular flexibility index (Phi) is 6.30. The number of Topliss-reactive ketones (excluding diaryl/α,β-unsaturated/α-hetero) is 1. The minimum atomic E-state index is -0.217. The Morgan fingerprint density at radius 1 is 1.26 bits per heavy atom. The highest BCUT2D eigenvalue weighted by atomic mass is 35.5. The van der Waals surface area contributed by atoms with Gasteiger partial charge in [-0.3, -0.25) is 9.48 Å². The van der Waals surface area contributed by atoms with E-state index in [1.807, 2.05) is 41.3 Å². The molecule has 4 rings (SSSR count). The lowest BCUT2D eigenvalue weighted by Gasteiger charge is -2.39. The van der Waals surface area contributed by atoms with Crippen molar-refractivity contribution in [1.82, 2.24) is 9.78 Å². The summed E-state index contributed by atoms with van der Waals surface area (Å²) in [6, 6.07) is 13.7. The van der Waals surface area contributed by atoms with E-state index in [-0.39, 0.29) is 23.8 Å². The van der Waals surface area contributed by atoms with Gasteiger partial charge in [0.1, 0.15) is 5.78 Å². The van der Waals surface area contributed by atoms with Crippen LogP contribution in [0.2, 0.25) is 5.02 Å². The van der Waals surface area contributed by atoms with Gasteiger partial charge in [-0.15, -0.1) is 0 Å². The van der Waals surface area contributed by atoms with E-state index in [9.17, 15) is 4.79 Å². The van der Waals surface area contributed by atoms with Crippen LogP contribution in [0.3, 0.4) is 0 Å². The van der Waals surface area contributed by atoms with E-state index in [2.05, 4.69) is 40.9 Å². The lowest BCUT2D eigenvalue weighted by atomic mass is 9.80. The highest BCUT2D eigenvalue weighted by Crippen LogP contribution is 2.41. The van der Waals surface area contributed by atoms with Gasteiger partial charge in [0, 0.05) is 41.3 Å². The van der Waals surface area contributed by atoms with Crippen molar-refractivity contribution in [1.29, 1.82) is 0 Å². The molecule has 0 amide bonds. The number of fused-ring (bicyclic) bond motifs is 1. The van der Waals surface area contributed by atoms with Crippen molar-refractivity contribution in [3.05, 3.63) is 65.4 Å². The van der Waals surface area contributed by atoms with Gasteiger partial charge in [0.15, 0.2) is 0 Å². The van der Waals surface area contributed by atoms with Crippen LogP contribution in [0.4, 0.5) is 11.4 Å². The number of methoxy groups -OCH3 is 1. The molecule has 1 unspecified atom stereocenters. The molecule has 0 fully saturated rings. The molecule has 0 saturated carbocycles. The van der Waals surface area contributed by atoms with Crippen molar-refractivity contribution in [2.45, 2.75) is 32.5 Å². The number of carbonyl (C=O) groups excluding carboxylic acids is 1. The fourth-order valence-corrected chi connectivity index (χ4v) is 4.47. The first-order chi connectivity index (χ1) is 15.0. The molecule has 31 heavy (non-hydrogen) atoms. The van der Waals surface area contributed by atoms with Crippen LogP contribution in [0.15, 0.2) is 54.9 Å². The van der Waals surface area contributed by atoms with Gasteiger partial charge in [0.2, 0.25) is 0 Å². The van der Waals surface area contributed by atoms with E-state index in [0.29, 0.717) is 18.2 Å². The van der Waals surface area contributed by atoms with Crippen LogP contribution in [0.1, 0.15) is 25.5 Å². The van der Waals surface area contributed by atoms with E-state index in [1.54, 1.807) is 14.0 Å². The van der Waals surface area contributed by atoms with Crippen LogP contribution in [0, 0.1) is 5.92 Å². The maximum absolute atomic E-state index is 12.6. The summed E-state index contributed by atoms with van der Waals surface area (Å²) in [5, 5.41) is 12.2. The fourth-order valence-electron chi connectivity index (χ4n) is 4.28. The lowest BCUT2D eigenvalue weighted by Crippen LogP contribution is -2.42. The molecule has 162 valence electrons. The van der Waals surface area contributed by atoms with Gasteiger partial charge in [0.25, 0.3) is 0 Å². The van der Waals surface area contributed by atoms with Gasteiger partial charge in [-0.05, 0) is 55.3 Å². The zero-order chi connectivity index (χ0) is 22.0. The van der Waals surface area contributed by atoms with Crippen molar-refractivity contribution in [3.8, 4) is 11.1 Å². The summed E-state index contributed by atoms with van der Waals surface area (Å²) in [5.41, 5.74) is 5.06. The minimum absolute atomic E-state index is 0.00401. The van der Waals surface area contributed by atoms with Crippen LogP contribution >= 0.6 is 11.6 Å². The number of hydrogen-bond acceptors (Lipinski definition) is 5. The Morgan fingerprint density at radius 3 is 2.84 bits per heavy atom. The number of carbonyl (C=O) groups is 1. The van der Waals surface area contributed by atoms with Crippen molar-refractivity contribution in [3.63, 3.8) is 0 Å². The number of rotatable bonds is 7. The number of nitrogens with one attached hydrogen (secondary N) is 2. The summed E-state index contributed by atoms with van der Waals surface area (Å²) in [5.74, 6) is -0.0749. The van der Waals surface area contributed by atoms with Crippen molar-refractivity contribution < 1.29 is 9.53 Å². The van der Waals surface area contributed by atoms with Gasteiger partial charge in [-0.1, -0.05) is 23.7 Å². The Balaban J connectivity index is 1.72. The molecule has 6 nitrogen and oxygen atoms in total. The topological polar surface area (TPSA) is 68.2 Å². The normalized spacial score (nSPS) is 20.1. The average molecular weight is 439 g/mol. The average Bonchev–Trinajstić information content (AvgIpc) is 3.20. The smallest absolute Gasteiger partial charge is 0.137 e. The Bertz CT molecular complexity index is 1080. The second-order valence-corrected chi connectivity index (χ2v) is 8.43. The first-order valence-electron chi connectivity index (χ1n) is 10.4. The molecule has 7 heteroatoms. The molecule has 0 spiro atoms. The summed E-state index contributed by atoms with van der Waals surface area (Å²) in [4.78, 5) is 12.6. The molecule has 2 aromatic carbocycles. The van der Waals surface area contributed by atoms with Gasteiger partial charge in [0.05, 0.1) is 31.3 Å². The summed E-state index contributed by atoms with van der Waals surface area (Å²) in [7, 11) is 1.68. The van der Waals surface area contributed by atoms with Gasteiger partial charge in [-0.2, -0.15) is 5.10 Å². The van der Waals surface area contributed by atoms with Crippen molar-refractivity contribution in [2.75, 3.05) is 24.4 Å². The number of ketones is 1. The highest BCUT2D eigenvalue weighted by Gasteiger charge is 2.37. The number of nitrogens with zero attached hydrogens (tertiary/aromatic N) is 2. The highest BCUT2D eigenvalue weighted by molar-refractivity contribution is 6.30. The lowest BCUT2D eigenvalue weighted by molar-refractivity contribution is -0.121. The first kappa shape index (κ1) is 21.4. The van der Waals surface area contributed by atoms with E-state index in [4.69, 9.17) is 16.3 Å². The molecule has 0 bridgehead atoms. The fraction of sp³-hybridized carbons (Fsp3) is 0.333. The number of ether oxygens (including phenoxy) is 1. The van der Waals surface area contributed by atoms with E-state index in [0.717, 1.165) is 28.1 Å². The largest absolute Gasteiger partial charge is 0.383 e. The third-order valence-electron chi connectivity index (χ3n) is 5.77. The van der Waals surface area contributed by atoms with E-state index >= 15 is 0 Å². The number of benzene rings is 2. The predicted molar refractivity (Wildman–Crippen MR) is 125 cm³/mol. The number of anilines is 2. The summed E-state index contributed by atoms with van der Waals surface area (Å²) in [6.45, 7) is 5.02. The molecule has 0 saturated heterocycles. The number of hydrogen-bond donors (Lipinski definition) is 2. The third kappa shape index (κ3) is 4.60. The van der Waals surface area contributed by atoms with Crippen molar-refractivity contribution in [2.24, 2.45) is 5.92 Å². The third-order valence-corrected chi connectivity index (χ3v) is 6.01. The summed E-state index contributed by atoms with van der Waals surface area (Å²) in [6.07, 6.45) is 3.87. The molecular weight excluding hydrogens is 412 g/mol. The molecule has 2 heterocycles. The molecule has 0 radical (unpaired) electrons. The van der Waals surface area contributed by atoms with Crippen LogP contribution in [-0.4, -0.2) is 35.3 Å². The minimum Gasteiger partial charge on any atom is -0.383 e. The molecule has 3 atom stereocenters. The molecule has 0 aliphatic carbocycles. The van der Waals surface area contributed by atoms with Crippen LogP contribution in [0.25, 0.3) is 11.1 Å². The van der Waals surface area contributed by atoms with Crippen molar-refractivity contribution >= 4 is 28.8 Å². The maximum atomic E-state index is 12.6. The second-order valence-electron chi connectivity index (χ2n) is 7.99. The number of aromatic nitrogens is 2. The second kappa shape index (κ2) is 9.12. The zero-order valence-corrected chi connectivity index (χ0v) is 18.7. The standard InChI is InChI=1S/C24H27ClN4O2/c1-15-23(16(2)30)24(28-20-6-4-5-19(25)12-20)21-11-17(7-8-22(21)27-15)18-13-26-29(14-18)9-10-31-3/h4-8,11-15,23-24,27-28H,9-10H2,1-3H3/t15-,23?,24-/m0/s1. The molecular formula is C24H27ClN4O2. The van der Waals surface area contributed by atoms with Crippen LogP contribution < -0.4 is 10.6 Å². The molecule has 3 aromatic rings. The summed E-state index contributed by atoms with van der Waals surface area (Å²) < 4.78 is 7.01. The molecule has 1 aromatic heterocycles. The van der Waals surface area contributed by atoms with E-state index in [1.165, 1.54) is 0 Å². The monoisotopic (exact) mass is 438 g/mol. The maximum Gasteiger partial charge on any atom is 0.137 e. The quantitative estimate of drug-likeness (QED) is 0.542. The molecule has 2 N–H and O–H groups in total. The number of halogens is 1. The van der Waals surface area contributed by atoms with Gasteiger partial charge < -0.3 is 15.4 Å². The Labute approximate surface area is 187 Å². The van der Waals surface area contributed by atoms with Crippen LogP contribution in [-0.2, 0) is 16.1 Å².